The van der Waals surface area contributed by atoms with Crippen molar-refractivity contribution < 1.29 is 9.53 Å². The van der Waals surface area contributed by atoms with Gasteiger partial charge in [0.1, 0.15) is 0 Å². The van der Waals surface area contributed by atoms with Gasteiger partial charge in [-0.1, -0.05) is 12.8 Å². The predicted octanol–water partition coefficient (Wildman–Crippen LogP) is 1.45. The zero-order valence-electron chi connectivity index (χ0n) is 11.2. The number of rotatable bonds is 8. The van der Waals surface area contributed by atoms with E-state index in [9.17, 15) is 4.79 Å². The number of ether oxygens (including phenoxy) is 1. The maximum Gasteiger partial charge on any atom is 0.222 e. The molecule has 4 heteroatoms. The number of amides is 1. The lowest BCUT2D eigenvalue weighted by atomic mass is 10.1. The predicted molar refractivity (Wildman–Crippen MR) is 71.4 cm³/mol. The molecule has 2 N–H and O–H groups in total. The summed E-state index contributed by atoms with van der Waals surface area (Å²) in [5, 5.41) is 6.28. The van der Waals surface area contributed by atoms with Crippen molar-refractivity contribution in [3.05, 3.63) is 0 Å². The molecule has 4 nitrogen and oxygen atoms in total. The first kappa shape index (κ1) is 13.8. The molecule has 0 aromatic carbocycles. The van der Waals surface area contributed by atoms with Crippen molar-refractivity contribution in [2.45, 2.75) is 51.0 Å². The van der Waals surface area contributed by atoms with Crippen LogP contribution in [0, 0.1) is 5.92 Å². The number of carbonyl (C=O) groups is 1. The average Bonchev–Trinajstić information content (AvgIpc) is 3.20. The average molecular weight is 254 g/mol. The van der Waals surface area contributed by atoms with Crippen LogP contribution in [-0.4, -0.2) is 38.3 Å². The van der Waals surface area contributed by atoms with Crippen LogP contribution in [0.5, 0.6) is 0 Å². The Hall–Kier alpha value is -0.610. The van der Waals surface area contributed by atoms with E-state index in [1.54, 1.807) is 0 Å². The summed E-state index contributed by atoms with van der Waals surface area (Å²) in [4.78, 5) is 11.5. The molecule has 1 saturated heterocycles. The van der Waals surface area contributed by atoms with Gasteiger partial charge in [-0.15, -0.1) is 0 Å². The van der Waals surface area contributed by atoms with E-state index < -0.39 is 0 Å². The lowest BCUT2D eigenvalue weighted by Crippen LogP contribution is -2.33. The van der Waals surface area contributed by atoms with Gasteiger partial charge in [0, 0.05) is 13.0 Å². The summed E-state index contributed by atoms with van der Waals surface area (Å²) in [6, 6.07) is 0. The fourth-order valence-corrected chi connectivity index (χ4v) is 2.39. The maximum atomic E-state index is 11.5. The van der Waals surface area contributed by atoms with Gasteiger partial charge in [0.2, 0.25) is 5.91 Å². The van der Waals surface area contributed by atoms with E-state index in [0.29, 0.717) is 19.1 Å². The first-order valence-corrected chi connectivity index (χ1v) is 7.43. The highest BCUT2D eigenvalue weighted by Crippen LogP contribution is 2.33. The minimum Gasteiger partial charge on any atom is -0.378 e. The molecule has 0 bridgehead atoms. The van der Waals surface area contributed by atoms with Crippen molar-refractivity contribution in [3.8, 4) is 0 Å². The summed E-state index contributed by atoms with van der Waals surface area (Å²) >= 11 is 0. The van der Waals surface area contributed by atoms with Gasteiger partial charge < -0.3 is 15.4 Å². The fraction of sp³-hybridized carbons (Fsp3) is 0.929. The Morgan fingerprint density at radius 2 is 2.00 bits per heavy atom. The van der Waals surface area contributed by atoms with Crippen LogP contribution in [-0.2, 0) is 9.53 Å². The van der Waals surface area contributed by atoms with E-state index in [0.717, 1.165) is 44.8 Å². The standard InChI is InChI=1S/C14H26N2O2/c17-14(16-8-1-2-12-3-4-12)7-11-18-13-5-9-15-10-6-13/h12-13,15H,1-11H2,(H,16,17). The molecule has 1 saturated carbocycles. The maximum absolute atomic E-state index is 11.5. The van der Waals surface area contributed by atoms with Gasteiger partial charge in [-0.3, -0.25) is 4.79 Å². The summed E-state index contributed by atoms with van der Waals surface area (Å²) in [5.74, 6) is 1.10. The summed E-state index contributed by atoms with van der Waals surface area (Å²) in [6.45, 7) is 3.48. The number of hydrogen-bond donors (Lipinski definition) is 2. The molecule has 0 aromatic rings. The molecule has 18 heavy (non-hydrogen) atoms. The lowest BCUT2D eigenvalue weighted by molar-refractivity contribution is -0.122. The normalized spacial score (nSPS) is 20.9. The molecule has 0 spiro atoms. The van der Waals surface area contributed by atoms with Crippen LogP contribution >= 0.6 is 0 Å². The Morgan fingerprint density at radius 1 is 1.22 bits per heavy atom. The molecule has 1 heterocycles. The van der Waals surface area contributed by atoms with E-state index in [4.69, 9.17) is 4.74 Å². The zero-order valence-corrected chi connectivity index (χ0v) is 11.2. The highest BCUT2D eigenvalue weighted by molar-refractivity contribution is 5.75. The Kier molecular flexibility index (Phi) is 5.94. The van der Waals surface area contributed by atoms with E-state index in [-0.39, 0.29) is 5.91 Å². The first-order chi connectivity index (χ1) is 8.84. The quantitative estimate of drug-likeness (QED) is 0.645. The molecule has 1 aliphatic heterocycles. The fourth-order valence-electron chi connectivity index (χ4n) is 2.39. The second-order valence-electron chi connectivity index (χ2n) is 5.51. The van der Waals surface area contributed by atoms with Crippen LogP contribution in [0.15, 0.2) is 0 Å². The second-order valence-corrected chi connectivity index (χ2v) is 5.51. The molecule has 2 aliphatic rings. The van der Waals surface area contributed by atoms with Crippen LogP contribution in [0.3, 0.4) is 0 Å². The van der Waals surface area contributed by atoms with E-state index in [2.05, 4.69) is 10.6 Å². The van der Waals surface area contributed by atoms with Gasteiger partial charge >= 0.3 is 0 Å². The minimum atomic E-state index is 0.139. The Labute approximate surface area is 110 Å². The van der Waals surface area contributed by atoms with Crippen molar-refractivity contribution in [1.82, 2.24) is 10.6 Å². The highest BCUT2D eigenvalue weighted by Gasteiger charge is 2.20. The summed E-state index contributed by atoms with van der Waals surface area (Å²) in [6.07, 6.45) is 8.22. The van der Waals surface area contributed by atoms with Gasteiger partial charge in [-0.25, -0.2) is 0 Å². The molecule has 2 rings (SSSR count). The summed E-state index contributed by atoms with van der Waals surface area (Å²) in [5.41, 5.74) is 0. The Bertz CT molecular complexity index is 248. The van der Waals surface area contributed by atoms with Crippen molar-refractivity contribution in [2.24, 2.45) is 5.92 Å². The van der Waals surface area contributed by atoms with Crippen molar-refractivity contribution in [3.63, 3.8) is 0 Å². The molecule has 0 aromatic heterocycles. The Balaban J connectivity index is 1.41. The second kappa shape index (κ2) is 7.74. The largest absolute Gasteiger partial charge is 0.378 e. The molecule has 104 valence electrons. The van der Waals surface area contributed by atoms with Crippen LogP contribution < -0.4 is 10.6 Å². The molecule has 0 unspecified atom stereocenters. The van der Waals surface area contributed by atoms with Crippen molar-refractivity contribution in [1.29, 1.82) is 0 Å². The molecule has 1 aliphatic carbocycles. The minimum absolute atomic E-state index is 0.139. The van der Waals surface area contributed by atoms with Crippen LogP contribution in [0.4, 0.5) is 0 Å². The number of piperidine rings is 1. The third-order valence-electron chi connectivity index (χ3n) is 3.78. The van der Waals surface area contributed by atoms with Crippen molar-refractivity contribution >= 4 is 5.91 Å². The summed E-state index contributed by atoms with van der Waals surface area (Å²) in [7, 11) is 0. The smallest absolute Gasteiger partial charge is 0.222 e. The van der Waals surface area contributed by atoms with Gasteiger partial charge in [-0.2, -0.15) is 0 Å². The van der Waals surface area contributed by atoms with Crippen LogP contribution in [0.2, 0.25) is 0 Å². The Morgan fingerprint density at radius 3 is 2.72 bits per heavy atom. The number of carbonyl (C=O) groups excluding carboxylic acids is 1. The SMILES string of the molecule is O=C(CCOC1CCNCC1)NCCCC1CC1. The number of nitrogens with one attached hydrogen (secondary N) is 2. The third-order valence-corrected chi connectivity index (χ3v) is 3.78. The highest BCUT2D eigenvalue weighted by atomic mass is 16.5. The van der Waals surface area contributed by atoms with Crippen LogP contribution in [0.25, 0.3) is 0 Å². The van der Waals surface area contributed by atoms with Gasteiger partial charge in [0.05, 0.1) is 12.7 Å². The van der Waals surface area contributed by atoms with E-state index >= 15 is 0 Å². The van der Waals surface area contributed by atoms with Crippen LogP contribution in [0.1, 0.15) is 44.9 Å². The topological polar surface area (TPSA) is 50.4 Å². The molecule has 2 fully saturated rings. The first-order valence-electron chi connectivity index (χ1n) is 7.43. The molecular formula is C14H26N2O2. The number of hydrogen-bond acceptors (Lipinski definition) is 3. The van der Waals surface area contributed by atoms with E-state index in [1.165, 1.54) is 19.3 Å². The molecule has 0 atom stereocenters. The van der Waals surface area contributed by atoms with E-state index in [1.807, 2.05) is 0 Å². The molecule has 1 amide bonds. The van der Waals surface area contributed by atoms with Gasteiger partial charge in [0.25, 0.3) is 0 Å². The summed E-state index contributed by atoms with van der Waals surface area (Å²) < 4.78 is 5.71. The van der Waals surface area contributed by atoms with Crippen molar-refractivity contribution in [2.75, 3.05) is 26.2 Å². The molecular weight excluding hydrogens is 228 g/mol. The monoisotopic (exact) mass is 254 g/mol. The lowest BCUT2D eigenvalue weighted by Gasteiger charge is -2.22. The zero-order chi connectivity index (χ0) is 12.6. The van der Waals surface area contributed by atoms with Gasteiger partial charge in [0.15, 0.2) is 0 Å². The third kappa shape index (κ3) is 5.83. The van der Waals surface area contributed by atoms with Gasteiger partial charge in [-0.05, 0) is 44.7 Å². The molecule has 0 radical (unpaired) electrons.